The summed E-state index contributed by atoms with van der Waals surface area (Å²) in [5.41, 5.74) is 0.808. The third-order valence-electron chi connectivity index (χ3n) is 3.59. The Morgan fingerprint density at radius 3 is 2.67 bits per heavy atom. The molecule has 0 spiro atoms. The van der Waals surface area contributed by atoms with Crippen molar-refractivity contribution >= 4 is 17.4 Å². The number of nitrogens with one attached hydrogen (secondary N) is 1. The zero-order chi connectivity index (χ0) is 15.5. The molecule has 118 valence electrons. The van der Waals surface area contributed by atoms with Crippen LogP contribution in [-0.2, 0) is 0 Å². The number of likely N-dealkylation sites (tertiary alicyclic amines) is 1. The van der Waals surface area contributed by atoms with Crippen molar-refractivity contribution in [3.63, 3.8) is 0 Å². The zero-order valence-corrected chi connectivity index (χ0v) is 13.1. The lowest BCUT2D eigenvalue weighted by atomic mass is 10.2. The Morgan fingerprint density at radius 2 is 2.05 bits per heavy atom. The molecule has 1 aromatic carbocycles. The summed E-state index contributed by atoms with van der Waals surface area (Å²) in [5.74, 6) is -0.853. The van der Waals surface area contributed by atoms with Crippen LogP contribution in [0.25, 0.3) is 0 Å². The van der Waals surface area contributed by atoms with Gasteiger partial charge in [-0.2, -0.15) is 13.2 Å². The molecule has 0 saturated carbocycles. The van der Waals surface area contributed by atoms with Gasteiger partial charge < -0.3 is 5.32 Å². The van der Waals surface area contributed by atoms with Gasteiger partial charge in [0.15, 0.2) is 0 Å². The highest BCUT2D eigenvalue weighted by atomic mass is 32.2. The third kappa shape index (κ3) is 5.11. The third-order valence-corrected chi connectivity index (χ3v) is 4.73. The normalized spacial score (nSPS) is 20.2. The number of benzene rings is 1. The van der Waals surface area contributed by atoms with Crippen molar-refractivity contribution in [3.8, 4) is 0 Å². The number of halogens is 3. The molecule has 0 aromatic heterocycles. The van der Waals surface area contributed by atoms with Crippen LogP contribution in [-0.4, -0.2) is 42.0 Å². The van der Waals surface area contributed by atoms with Crippen LogP contribution in [0, 0.1) is 0 Å². The number of alkyl halides is 3. The lowest BCUT2D eigenvalue weighted by molar-refractivity contribution is -0.105. The van der Waals surface area contributed by atoms with E-state index in [9.17, 15) is 13.2 Å². The number of anilines is 1. The van der Waals surface area contributed by atoms with Crippen molar-refractivity contribution in [3.05, 3.63) is 24.3 Å². The second-order valence-corrected chi connectivity index (χ2v) is 6.64. The molecule has 0 radical (unpaired) electrons. The lowest BCUT2D eigenvalue weighted by Gasteiger charge is -2.21. The molecular formula is C15H21F3N2S. The second kappa shape index (κ2) is 6.92. The van der Waals surface area contributed by atoms with E-state index in [2.05, 4.69) is 24.1 Å². The molecule has 21 heavy (non-hydrogen) atoms. The first-order valence-electron chi connectivity index (χ1n) is 7.14. The molecule has 2 nitrogen and oxygen atoms in total. The van der Waals surface area contributed by atoms with Gasteiger partial charge in [0.2, 0.25) is 0 Å². The minimum atomic E-state index is -4.14. The van der Waals surface area contributed by atoms with Crippen LogP contribution >= 0.6 is 11.8 Å². The Kier molecular flexibility index (Phi) is 5.43. The van der Waals surface area contributed by atoms with E-state index < -0.39 is 11.9 Å². The number of hydrogen-bond acceptors (Lipinski definition) is 3. The van der Waals surface area contributed by atoms with E-state index in [-0.39, 0.29) is 0 Å². The summed E-state index contributed by atoms with van der Waals surface area (Å²) in [6, 6.07) is 8.05. The molecule has 1 aromatic rings. The van der Waals surface area contributed by atoms with E-state index in [1.165, 1.54) is 0 Å². The molecule has 1 unspecified atom stereocenters. The van der Waals surface area contributed by atoms with Crippen LogP contribution in [0.5, 0.6) is 0 Å². The van der Waals surface area contributed by atoms with Gasteiger partial charge in [-0.1, -0.05) is 12.1 Å². The van der Waals surface area contributed by atoms with E-state index >= 15 is 0 Å². The van der Waals surface area contributed by atoms with Gasteiger partial charge in [-0.3, -0.25) is 4.90 Å². The van der Waals surface area contributed by atoms with E-state index in [1.54, 1.807) is 12.1 Å². The van der Waals surface area contributed by atoms with Crippen LogP contribution in [0.3, 0.4) is 0 Å². The predicted octanol–water partition coefficient (Wildman–Crippen LogP) is 4.24. The molecule has 1 aliphatic rings. The fourth-order valence-electron chi connectivity index (χ4n) is 2.47. The van der Waals surface area contributed by atoms with Crippen molar-refractivity contribution < 1.29 is 13.2 Å². The average Bonchev–Trinajstić information content (AvgIpc) is 2.85. The standard InChI is InChI=1S/C15H21F3N2S/c1-11(2)20-8-7-12(9-20)19-13-5-3-4-6-14(13)21-10-15(16,17)18/h3-6,11-12,19H,7-10H2,1-2H3. The van der Waals surface area contributed by atoms with Crippen LogP contribution in [0.2, 0.25) is 0 Å². The van der Waals surface area contributed by atoms with Gasteiger partial charge in [0.25, 0.3) is 0 Å². The van der Waals surface area contributed by atoms with Gasteiger partial charge in [-0.05, 0) is 32.4 Å². The van der Waals surface area contributed by atoms with E-state index in [4.69, 9.17) is 0 Å². The fourth-order valence-corrected chi connectivity index (χ4v) is 3.24. The maximum atomic E-state index is 12.4. The first kappa shape index (κ1) is 16.5. The zero-order valence-electron chi connectivity index (χ0n) is 12.3. The average molecular weight is 318 g/mol. The minimum absolute atomic E-state index is 0.306. The fraction of sp³-hybridized carbons (Fsp3) is 0.600. The first-order chi connectivity index (χ1) is 9.85. The highest BCUT2D eigenvalue weighted by molar-refractivity contribution is 7.99. The summed E-state index contributed by atoms with van der Waals surface area (Å²) in [5, 5.41) is 3.40. The largest absolute Gasteiger partial charge is 0.398 e. The Balaban J connectivity index is 1.97. The lowest BCUT2D eigenvalue weighted by Crippen LogP contribution is -2.31. The van der Waals surface area contributed by atoms with Crippen LogP contribution in [0.4, 0.5) is 18.9 Å². The van der Waals surface area contributed by atoms with Crippen molar-refractivity contribution in [2.75, 3.05) is 24.2 Å². The SMILES string of the molecule is CC(C)N1CCC(Nc2ccccc2SCC(F)(F)F)C1. The molecule has 1 atom stereocenters. The van der Waals surface area contributed by atoms with Crippen LogP contribution in [0.15, 0.2) is 29.2 Å². The summed E-state index contributed by atoms with van der Waals surface area (Å²) >= 11 is 0.843. The van der Waals surface area contributed by atoms with Gasteiger partial charge in [-0.15, -0.1) is 11.8 Å². The Morgan fingerprint density at radius 1 is 1.33 bits per heavy atom. The number of hydrogen-bond donors (Lipinski definition) is 1. The molecule has 1 N–H and O–H groups in total. The Hall–Kier alpha value is -0.880. The molecule has 1 fully saturated rings. The van der Waals surface area contributed by atoms with Gasteiger partial charge in [-0.25, -0.2) is 0 Å². The van der Waals surface area contributed by atoms with Crippen LogP contribution < -0.4 is 5.32 Å². The summed E-state index contributed by atoms with van der Waals surface area (Å²) in [7, 11) is 0. The maximum Gasteiger partial charge on any atom is 0.398 e. The topological polar surface area (TPSA) is 15.3 Å². The van der Waals surface area contributed by atoms with E-state index in [0.717, 1.165) is 37.0 Å². The van der Waals surface area contributed by atoms with Crippen molar-refractivity contribution in [1.82, 2.24) is 4.90 Å². The highest BCUT2D eigenvalue weighted by Crippen LogP contribution is 2.33. The molecule has 0 bridgehead atoms. The number of nitrogens with zero attached hydrogens (tertiary/aromatic N) is 1. The van der Waals surface area contributed by atoms with E-state index in [1.807, 2.05) is 12.1 Å². The number of para-hydroxylation sites is 1. The minimum Gasteiger partial charge on any atom is -0.380 e. The van der Waals surface area contributed by atoms with Gasteiger partial charge in [0.1, 0.15) is 0 Å². The Labute approximate surface area is 128 Å². The summed E-state index contributed by atoms with van der Waals surface area (Å²) in [4.78, 5) is 3.04. The van der Waals surface area contributed by atoms with Crippen molar-refractivity contribution in [1.29, 1.82) is 0 Å². The van der Waals surface area contributed by atoms with Crippen LogP contribution in [0.1, 0.15) is 20.3 Å². The molecule has 0 aliphatic carbocycles. The van der Waals surface area contributed by atoms with Gasteiger partial charge >= 0.3 is 6.18 Å². The first-order valence-corrected chi connectivity index (χ1v) is 8.13. The Bertz CT molecular complexity index is 462. The molecule has 1 heterocycles. The maximum absolute atomic E-state index is 12.4. The summed E-state index contributed by atoms with van der Waals surface area (Å²) in [6.07, 6.45) is -3.12. The van der Waals surface area contributed by atoms with Crippen molar-refractivity contribution in [2.45, 2.75) is 43.4 Å². The molecule has 6 heteroatoms. The van der Waals surface area contributed by atoms with Gasteiger partial charge in [0.05, 0.1) is 5.75 Å². The van der Waals surface area contributed by atoms with Gasteiger partial charge in [0, 0.05) is 35.8 Å². The van der Waals surface area contributed by atoms with Crippen molar-refractivity contribution in [2.24, 2.45) is 0 Å². The highest BCUT2D eigenvalue weighted by Gasteiger charge is 2.28. The monoisotopic (exact) mass is 318 g/mol. The number of thioether (sulfide) groups is 1. The molecular weight excluding hydrogens is 297 g/mol. The molecule has 2 rings (SSSR count). The summed E-state index contributed by atoms with van der Waals surface area (Å²) in [6.45, 7) is 6.30. The smallest absolute Gasteiger partial charge is 0.380 e. The molecule has 1 aliphatic heterocycles. The summed E-state index contributed by atoms with van der Waals surface area (Å²) < 4.78 is 37.1. The molecule has 0 amide bonds. The second-order valence-electron chi connectivity index (χ2n) is 5.62. The predicted molar refractivity (Wildman–Crippen MR) is 82.0 cm³/mol. The van der Waals surface area contributed by atoms with E-state index in [0.29, 0.717) is 17.0 Å². The molecule has 1 saturated heterocycles. The number of rotatable bonds is 5. The quantitative estimate of drug-likeness (QED) is 0.818.